The lowest BCUT2D eigenvalue weighted by atomic mass is 9.93. The fourth-order valence-corrected chi connectivity index (χ4v) is 4.99. The molecule has 0 unspecified atom stereocenters. The predicted molar refractivity (Wildman–Crippen MR) is 129 cm³/mol. The molecule has 0 N–H and O–H groups in total. The molecule has 1 aromatic heterocycles. The van der Waals surface area contributed by atoms with Gasteiger partial charge in [-0.05, 0) is 53.3 Å². The van der Waals surface area contributed by atoms with E-state index in [1.807, 2.05) is 12.1 Å². The summed E-state index contributed by atoms with van der Waals surface area (Å²) in [6, 6.07) is 21.2. The van der Waals surface area contributed by atoms with E-state index < -0.39 is 0 Å². The van der Waals surface area contributed by atoms with E-state index in [1.165, 1.54) is 16.5 Å². The van der Waals surface area contributed by atoms with E-state index in [4.69, 9.17) is 18.9 Å². The molecule has 5 nitrogen and oxygen atoms in total. The van der Waals surface area contributed by atoms with Crippen LogP contribution in [0.5, 0.6) is 23.0 Å². The fourth-order valence-electron chi connectivity index (χ4n) is 4.99. The largest absolute Gasteiger partial charge is 0.493 e. The molecule has 5 aromatic rings. The van der Waals surface area contributed by atoms with E-state index in [2.05, 4.69) is 66.3 Å². The SMILES string of the molecule is COc1ccc2c(c[n+](C)c3c4cc5c(cc4c(Cc4ccccc4)cc23)OCO5)c1OC. The summed E-state index contributed by atoms with van der Waals surface area (Å²) in [5, 5.41) is 5.60. The monoisotopic (exact) mass is 438 g/mol. The fraction of sp³-hybridized carbons (Fsp3) is 0.179. The molecule has 0 aliphatic carbocycles. The van der Waals surface area contributed by atoms with Gasteiger partial charge < -0.3 is 18.9 Å². The first-order valence-electron chi connectivity index (χ1n) is 10.9. The second-order valence-corrected chi connectivity index (χ2v) is 8.35. The van der Waals surface area contributed by atoms with Crippen LogP contribution in [0.3, 0.4) is 0 Å². The molecule has 0 saturated heterocycles. The molecule has 4 aromatic carbocycles. The first kappa shape index (κ1) is 19.7. The quantitative estimate of drug-likeness (QED) is 0.282. The van der Waals surface area contributed by atoms with Crippen LogP contribution in [-0.2, 0) is 13.5 Å². The van der Waals surface area contributed by atoms with Crippen molar-refractivity contribution in [3.05, 3.63) is 78.0 Å². The predicted octanol–water partition coefficient (Wildman–Crippen LogP) is 5.31. The summed E-state index contributed by atoms with van der Waals surface area (Å²) >= 11 is 0. The highest BCUT2D eigenvalue weighted by Crippen LogP contribution is 2.43. The Morgan fingerprint density at radius 3 is 2.24 bits per heavy atom. The number of fused-ring (bicyclic) bond motifs is 6. The molecule has 0 amide bonds. The van der Waals surface area contributed by atoms with Crippen LogP contribution < -0.4 is 23.5 Å². The Labute approximate surface area is 191 Å². The molecular weight excluding hydrogens is 414 g/mol. The Balaban J connectivity index is 1.74. The minimum absolute atomic E-state index is 0.254. The zero-order valence-electron chi connectivity index (χ0n) is 18.8. The highest BCUT2D eigenvalue weighted by molar-refractivity contribution is 6.16. The van der Waals surface area contributed by atoms with Crippen molar-refractivity contribution in [1.29, 1.82) is 0 Å². The normalized spacial score (nSPS) is 12.6. The maximum absolute atomic E-state index is 5.75. The minimum atomic E-state index is 0.254. The number of hydrogen-bond donors (Lipinski definition) is 0. The number of rotatable bonds is 4. The van der Waals surface area contributed by atoms with Crippen LogP contribution in [0.1, 0.15) is 11.1 Å². The average molecular weight is 439 g/mol. The van der Waals surface area contributed by atoms with Gasteiger partial charge in [-0.25, -0.2) is 0 Å². The van der Waals surface area contributed by atoms with Crippen LogP contribution >= 0.6 is 0 Å². The Kier molecular flexibility index (Phi) is 4.50. The lowest BCUT2D eigenvalue weighted by molar-refractivity contribution is -0.642. The minimum Gasteiger partial charge on any atom is -0.493 e. The van der Waals surface area contributed by atoms with Crippen LogP contribution in [0, 0.1) is 0 Å². The number of pyridine rings is 1. The number of hydrogen-bond acceptors (Lipinski definition) is 4. The molecule has 0 radical (unpaired) electrons. The Bertz CT molecular complexity index is 1540. The summed E-state index contributed by atoms with van der Waals surface area (Å²) in [7, 11) is 5.42. The van der Waals surface area contributed by atoms with Crippen molar-refractivity contribution < 1.29 is 23.5 Å². The van der Waals surface area contributed by atoms with Crippen molar-refractivity contribution in [3.8, 4) is 23.0 Å². The van der Waals surface area contributed by atoms with Crippen molar-refractivity contribution in [2.45, 2.75) is 6.42 Å². The lowest BCUT2D eigenvalue weighted by Crippen LogP contribution is -2.29. The molecule has 1 aliphatic rings. The van der Waals surface area contributed by atoms with Crippen molar-refractivity contribution in [2.75, 3.05) is 21.0 Å². The molecule has 164 valence electrons. The number of nitrogens with zero attached hydrogens (tertiary/aromatic N) is 1. The van der Waals surface area contributed by atoms with Gasteiger partial charge in [0.15, 0.2) is 29.2 Å². The maximum Gasteiger partial charge on any atom is 0.231 e. The van der Waals surface area contributed by atoms with Gasteiger partial charge in [0.2, 0.25) is 12.3 Å². The lowest BCUT2D eigenvalue weighted by Gasteiger charge is -2.14. The average Bonchev–Trinajstić information content (AvgIpc) is 3.30. The summed E-state index contributed by atoms with van der Waals surface area (Å²) < 4.78 is 24.9. The van der Waals surface area contributed by atoms with Crippen LogP contribution in [0.4, 0.5) is 0 Å². The molecule has 6 rings (SSSR count). The first-order chi connectivity index (χ1) is 16.2. The van der Waals surface area contributed by atoms with Gasteiger partial charge in [0, 0.05) is 5.39 Å². The highest BCUT2D eigenvalue weighted by Gasteiger charge is 2.24. The Hall–Kier alpha value is -3.99. The number of aryl methyl sites for hydroxylation is 1. The van der Waals surface area contributed by atoms with E-state index >= 15 is 0 Å². The van der Waals surface area contributed by atoms with Gasteiger partial charge in [-0.1, -0.05) is 30.3 Å². The van der Waals surface area contributed by atoms with Crippen LogP contribution in [-0.4, -0.2) is 21.0 Å². The molecule has 0 atom stereocenters. The molecule has 2 heterocycles. The Morgan fingerprint density at radius 1 is 0.788 bits per heavy atom. The second-order valence-electron chi connectivity index (χ2n) is 8.35. The third-order valence-electron chi connectivity index (χ3n) is 6.47. The topological polar surface area (TPSA) is 40.8 Å². The van der Waals surface area contributed by atoms with E-state index in [1.54, 1.807) is 14.2 Å². The van der Waals surface area contributed by atoms with Crippen molar-refractivity contribution in [2.24, 2.45) is 7.05 Å². The van der Waals surface area contributed by atoms with Crippen molar-refractivity contribution in [3.63, 3.8) is 0 Å². The number of aromatic nitrogens is 1. The van der Waals surface area contributed by atoms with Crippen molar-refractivity contribution >= 4 is 32.4 Å². The zero-order chi connectivity index (χ0) is 22.5. The number of ether oxygens (including phenoxy) is 4. The summed E-state index contributed by atoms with van der Waals surface area (Å²) in [6.45, 7) is 0.254. The van der Waals surface area contributed by atoms with Crippen LogP contribution in [0.25, 0.3) is 32.4 Å². The highest BCUT2D eigenvalue weighted by atomic mass is 16.7. The third kappa shape index (κ3) is 3.04. The van der Waals surface area contributed by atoms with E-state index in [0.29, 0.717) is 0 Å². The van der Waals surface area contributed by atoms with E-state index in [-0.39, 0.29) is 6.79 Å². The van der Waals surface area contributed by atoms with Gasteiger partial charge in [0.05, 0.1) is 30.4 Å². The molecule has 0 saturated carbocycles. The molecule has 33 heavy (non-hydrogen) atoms. The van der Waals surface area contributed by atoms with Gasteiger partial charge >= 0.3 is 0 Å². The van der Waals surface area contributed by atoms with Gasteiger partial charge in [0.1, 0.15) is 7.05 Å². The van der Waals surface area contributed by atoms with Gasteiger partial charge in [-0.2, -0.15) is 4.57 Å². The molecule has 0 bridgehead atoms. The maximum atomic E-state index is 5.75. The molecule has 0 spiro atoms. The van der Waals surface area contributed by atoms with Crippen LogP contribution in [0.2, 0.25) is 0 Å². The smallest absolute Gasteiger partial charge is 0.231 e. The summed E-state index contributed by atoms with van der Waals surface area (Å²) in [4.78, 5) is 0. The summed E-state index contributed by atoms with van der Waals surface area (Å²) in [6.07, 6.45) is 2.93. The molecule has 5 heteroatoms. The molecular formula is C28H24NO4+. The van der Waals surface area contributed by atoms with E-state index in [0.717, 1.165) is 56.5 Å². The first-order valence-corrected chi connectivity index (χ1v) is 10.9. The summed E-state index contributed by atoms with van der Waals surface area (Å²) in [5.74, 6) is 3.04. The third-order valence-corrected chi connectivity index (χ3v) is 6.47. The number of methoxy groups -OCH3 is 2. The molecule has 1 aliphatic heterocycles. The second kappa shape index (κ2) is 7.55. The van der Waals surface area contributed by atoms with E-state index in [9.17, 15) is 0 Å². The van der Waals surface area contributed by atoms with Gasteiger partial charge in [-0.3, -0.25) is 0 Å². The van der Waals surface area contributed by atoms with Crippen LogP contribution in [0.15, 0.2) is 66.9 Å². The number of benzene rings is 4. The van der Waals surface area contributed by atoms with Gasteiger partial charge in [0.25, 0.3) is 0 Å². The zero-order valence-corrected chi connectivity index (χ0v) is 18.8. The standard InChI is InChI=1S/C28H24NO4/c1-29-15-23-19(9-10-24(30-2)28(23)31-3)21-12-18(11-17-7-5-4-6-8-17)20-13-25-26(33-16-32-25)14-22(20)27(21)29/h4-10,12-15H,11,16H2,1-3H3/q+1. The summed E-state index contributed by atoms with van der Waals surface area (Å²) in [5.41, 5.74) is 3.64. The Morgan fingerprint density at radius 2 is 1.52 bits per heavy atom. The van der Waals surface area contributed by atoms with Gasteiger partial charge in [-0.15, -0.1) is 0 Å². The molecule has 0 fully saturated rings. The van der Waals surface area contributed by atoms with Crippen molar-refractivity contribution in [1.82, 2.24) is 0 Å².